The van der Waals surface area contributed by atoms with E-state index >= 15 is 0 Å². The Kier molecular flexibility index (Phi) is 4.72. The maximum absolute atomic E-state index is 3.99. The van der Waals surface area contributed by atoms with E-state index in [0.717, 1.165) is 5.70 Å². The number of hydrogen-bond acceptors (Lipinski definition) is 1. The van der Waals surface area contributed by atoms with E-state index in [1.54, 1.807) is 0 Å². The molecule has 0 aromatic carbocycles. The van der Waals surface area contributed by atoms with Gasteiger partial charge in [0, 0.05) is 18.8 Å². The van der Waals surface area contributed by atoms with Gasteiger partial charge in [0.1, 0.15) is 0 Å². The van der Waals surface area contributed by atoms with Crippen molar-refractivity contribution in [2.45, 2.75) is 33.7 Å². The third-order valence-electron chi connectivity index (χ3n) is 1.90. The standard InChI is InChI=1S/C11H21N/c1-9(2)7-8-11(5)12(6)10(3)4/h7-10H,5H2,1-4,6H3/b8-7+. The highest BCUT2D eigenvalue weighted by atomic mass is 15.1. The van der Waals surface area contributed by atoms with Crippen LogP contribution in [0.3, 0.4) is 0 Å². The van der Waals surface area contributed by atoms with Crippen LogP contribution >= 0.6 is 0 Å². The molecule has 0 heterocycles. The Bertz CT molecular complexity index is 166. The van der Waals surface area contributed by atoms with Crippen LogP contribution in [0.15, 0.2) is 24.4 Å². The number of nitrogens with zero attached hydrogens (tertiary/aromatic N) is 1. The number of likely N-dealkylation sites (N-methyl/N-ethyl adjacent to an activating group) is 1. The summed E-state index contributed by atoms with van der Waals surface area (Å²) in [5, 5.41) is 0. The zero-order valence-corrected chi connectivity index (χ0v) is 8.96. The second-order valence-electron chi connectivity index (χ2n) is 3.80. The molecule has 0 aliphatic carbocycles. The van der Waals surface area contributed by atoms with Gasteiger partial charge in [-0.3, -0.25) is 0 Å². The molecule has 1 heteroatoms. The Balaban J connectivity index is 4.04. The molecule has 0 bridgehead atoms. The van der Waals surface area contributed by atoms with Crippen LogP contribution in [0.4, 0.5) is 0 Å². The molecule has 0 amide bonds. The predicted octanol–water partition coefficient (Wildman–Crippen LogP) is 3.05. The molecule has 0 spiro atoms. The lowest BCUT2D eigenvalue weighted by atomic mass is 10.2. The van der Waals surface area contributed by atoms with Crippen LogP contribution in [-0.4, -0.2) is 18.0 Å². The minimum atomic E-state index is 0.523. The molecular weight excluding hydrogens is 146 g/mol. The van der Waals surface area contributed by atoms with Gasteiger partial charge in [0.2, 0.25) is 0 Å². The second-order valence-corrected chi connectivity index (χ2v) is 3.80. The molecule has 0 atom stereocenters. The smallest absolute Gasteiger partial charge is 0.0289 e. The molecule has 0 aliphatic rings. The largest absolute Gasteiger partial charge is 0.373 e. The highest BCUT2D eigenvalue weighted by Gasteiger charge is 2.01. The van der Waals surface area contributed by atoms with Crippen LogP contribution in [0.25, 0.3) is 0 Å². The fourth-order valence-corrected chi connectivity index (χ4v) is 0.753. The first-order valence-electron chi connectivity index (χ1n) is 4.55. The predicted molar refractivity (Wildman–Crippen MR) is 56.0 cm³/mol. The van der Waals surface area contributed by atoms with Crippen molar-refractivity contribution in [3.05, 3.63) is 24.4 Å². The van der Waals surface area contributed by atoms with E-state index in [1.165, 1.54) is 0 Å². The van der Waals surface area contributed by atoms with Gasteiger partial charge in [-0.25, -0.2) is 0 Å². The highest BCUT2D eigenvalue weighted by molar-refractivity contribution is 5.13. The maximum atomic E-state index is 3.99. The van der Waals surface area contributed by atoms with Gasteiger partial charge in [-0.05, 0) is 25.8 Å². The molecule has 1 nitrogen and oxygen atoms in total. The quantitative estimate of drug-likeness (QED) is 0.582. The minimum absolute atomic E-state index is 0.523. The molecule has 12 heavy (non-hydrogen) atoms. The monoisotopic (exact) mass is 167 g/mol. The Morgan fingerprint density at radius 1 is 1.25 bits per heavy atom. The van der Waals surface area contributed by atoms with Crippen molar-refractivity contribution >= 4 is 0 Å². The summed E-state index contributed by atoms with van der Waals surface area (Å²) in [5.74, 6) is 0.599. The molecular formula is C11H21N. The van der Waals surface area contributed by atoms with Gasteiger partial charge in [0.25, 0.3) is 0 Å². The van der Waals surface area contributed by atoms with Crippen molar-refractivity contribution in [3.63, 3.8) is 0 Å². The van der Waals surface area contributed by atoms with Crippen molar-refractivity contribution in [3.8, 4) is 0 Å². The summed E-state index contributed by atoms with van der Waals surface area (Å²) in [6, 6.07) is 0.523. The van der Waals surface area contributed by atoms with Crippen molar-refractivity contribution in [1.29, 1.82) is 0 Å². The van der Waals surface area contributed by atoms with Crippen molar-refractivity contribution in [2.75, 3.05) is 7.05 Å². The van der Waals surface area contributed by atoms with Crippen LogP contribution in [0.2, 0.25) is 0 Å². The Labute approximate surface area is 76.8 Å². The molecule has 0 fully saturated rings. The third-order valence-corrected chi connectivity index (χ3v) is 1.90. The molecule has 0 unspecified atom stereocenters. The summed E-state index contributed by atoms with van der Waals surface area (Å²) in [4.78, 5) is 2.17. The fraction of sp³-hybridized carbons (Fsp3) is 0.636. The summed E-state index contributed by atoms with van der Waals surface area (Å²) < 4.78 is 0. The summed E-state index contributed by atoms with van der Waals surface area (Å²) in [6.45, 7) is 12.6. The van der Waals surface area contributed by atoms with Gasteiger partial charge < -0.3 is 4.90 Å². The van der Waals surface area contributed by atoms with Gasteiger partial charge in [0.05, 0.1) is 0 Å². The molecule has 0 aromatic heterocycles. The molecule has 0 aliphatic heterocycles. The number of allylic oxidation sites excluding steroid dienone is 2. The molecule has 0 radical (unpaired) electrons. The van der Waals surface area contributed by atoms with Gasteiger partial charge >= 0.3 is 0 Å². The van der Waals surface area contributed by atoms with Crippen molar-refractivity contribution in [1.82, 2.24) is 4.90 Å². The highest BCUT2D eigenvalue weighted by Crippen LogP contribution is 2.06. The molecule has 0 N–H and O–H groups in total. The van der Waals surface area contributed by atoms with E-state index < -0.39 is 0 Å². The summed E-state index contributed by atoms with van der Waals surface area (Å²) >= 11 is 0. The molecule has 0 rings (SSSR count). The summed E-state index contributed by atoms with van der Waals surface area (Å²) in [6.07, 6.45) is 4.26. The lowest BCUT2D eigenvalue weighted by molar-refractivity contribution is 0.355. The number of hydrogen-bond donors (Lipinski definition) is 0. The maximum Gasteiger partial charge on any atom is 0.0289 e. The SMILES string of the molecule is C=C(/C=C/C(C)C)N(C)C(C)C. The first-order chi connectivity index (χ1) is 5.45. The lowest BCUT2D eigenvalue weighted by Gasteiger charge is -2.23. The van der Waals surface area contributed by atoms with E-state index in [2.05, 4.69) is 58.4 Å². The topological polar surface area (TPSA) is 3.24 Å². The Morgan fingerprint density at radius 3 is 2.08 bits per heavy atom. The summed E-state index contributed by atoms with van der Waals surface area (Å²) in [5.41, 5.74) is 1.08. The minimum Gasteiger partial charge on any atom is -0.373 e. The Morgan fingerprint density at radius 2 is 1.75 bits per heavy atom. The van der Waals surface area contributed by atoms with Crippen LogP contribution in [0, 0.1) is 5.92 Å². The van der Waals surface area contributed by atoms with Crippen molar-refractivity contribution in [2.24, 2.45) is 5.92 Å². The molecule has 0 saturated carbocycles. The molecule has 0 saturated heterocycles. The van der Waals surface area contributed by atoms with Crippen molar-refractivity contribution < 1.29 is 0 Å². The van der Waals surface area contributed by atoms with Gasteiger partial charge in [-0.15, -0.1) is 0 Å². The zero-order chi connectivity index (χ0) is 9.72. The van der Waals surface area contributed by atoms with Crippen LogP contribution in [0.5, 0.6) is 0 Å². The van der Waals surface area contributed by atoms with E-state index in [1.807, 2.05) is 0 Å². The normalized spacial score (nSPS) is 11.6. The first kappa shape index (κ1) is 11.3. The van der Waals surface area contributed by atoms with E-state index in [-0.39, 0.29) is 0 Å². The average Bonchev–Trinajstić information content (AvgIpc) is 1.98. The third kappa shape index (κ3) is 4.22. The van der Waals surface area contributed by atoms with E-state index in [4.69, 9.17) is 0 Å². The van der Waals surface area contributed by atoms with E-state index in [0.29, 0.717) is 12.0 Å². The zero-order valence-electron chi connectivity index (χ0n) is 8.96. The first-order valence-corrected chi connectivity index (χ1v) is 4.55. The van der Waals surface area contributed by atoms with Crippen LogP contribution in [0.1, 0.15) is 27.7 Å². The Hall–Kier alpha value is -0.720. The van der Waals surface area contributed by atoms with Gasteiger partial charge in [-0.1, -0.05) is 26.5 Å². The number of rotatable bonds is 4. The average molecular weight is 167 g/mol. The van der Waals surface area contributed by atoms with Crippen LogP contribution < -0.4 is 0 Å². The van der Waals surface area contributed by atoms with Gasteiger partial charge in [0.15, 0.2) is 0 Å². The lowest BCUT2D eigenvalue weighted by Crippen LogP contribution is -2.24. The fourth-order valence-electron chi connectivity index (χ4n) is 0.753. The van der Waals surface area contributed by atoms with Gasteiger partial charge in [-0.2, -0.15) is 0 Å². The second kappa shape index (κ2) is 5.02. The van der Waals surface area contributed by atoms with E-state index in [9.17, 15) is 0 Å². The molecule has 0 aromatic rings. The summed E-state index contributed by atoms with van der Waals surface area (Å²) in [7, 11) is 2.07. The van der Waals surface area contributed by atoms with Crippen LogP contribution in [-0.2, 0) is 0 Å². The molecule has 70 valence electrons.